The Morgan fingerprint density at radius 2 is 1.64 bits per heavy atom. The standard InChI is InChI=1S/C34H30Cl2N4O4/c35-30-7-4-8-33(34(30)36)39-17-15-38(16-18-39)21-26(41)22-44-27-12-9-24(10-13-27)32-20-28(23-5-2-1-3-6-23)29-19-25(40(42)43)11-14-31(29)37-32/h1-14,19-20,26,41H,15-18,21-22H2. The van der Waals surface area contributed by atoms with E-state index in [0.717, 1.165) is 59.6 Å². The zero-order valence-corrected chi connectivity index (χ0v) is 25.3. The summed E-state index contributed by atoms with van der Waals surface area (Å²) in [6.45, 7) is 3.86. The Morgan fingerprint density at radius 1 is 0.886 bits per heavy atom. The monoisotopic (exact) mass is 628 g/mol. The number of anilines is 1. The van der Waals surface area contributed by atoms with E-state index < -0.39 is 11.0 Å². The summed E-state index contributed by atoms with van der Waals surface area (Å²) in [5.41, 5.74) is 5.08. The molecule has 1 aliphatic heterocycles. The van der Waals surface area contributed by atoms with Gasteiger partial charge < -0.3 is 14.7 Å². The zero-order chi connectivity index (χ0) is 30.6. The quantitative estimate of drug-likeness (QED) is 0.135. The molecule has 5 aromatic rings. The SMILES string of the molecule is O=[N+]([O-])c1ccc2nc(-c3ccc(OCC(O)CN4CCN(c5cccc(Cl)c5Cl)CC4)cc3)cc(-c3ccccc3)c2c1. The highest BCUT2D eigenvalue weighted by atomic mass is 35.5. The number of β-amino-alcohol motifs (C(OH)–C–C–N with tert-alkyl or cyclic N) is 1. The van der Waals surface area contributed by atoms with Gasteiger partial charge >= 0.3 is 0 Å². The average molecular weight is 630 g/mol. The molecule has 0 bridgehead atoms. The number of rotatable bonds is 9. The first-order valence-corrected chi connectivity index (χ1v) is 15.1. The molecule has 0 saturated carbocycles. The van der Waals surface area contributed by atoms with Crippen molar-refractivity contribution < 1.29 is 14.8 Å². The first kappa shape index (κ1) is 29.8. The number of benzene rings is 4. The number of halogens is 2. The van der Waals surface area contributed by atoms with Gasteiger partial charge in [-0.25, -0.2) is 4.98 Å². The lowest BCUT2D eigenvalue weighted by Gasteiger charge is -2.37. The van der Waals surface area contributed by atoms with Crippen molar-refractivity contribution in [2.24, 2.45) is 0 Å². The predicted octanol–water partition coefficient (Wildman–Crippen LogP) is 7.35. The Balaban J connectivity index is 1.09. The van der Waals surface area contributed by atoms with Crippen molar-refractivity contribution in [1.82, 2.24) is 9.88 Å². The van der Waals surface area contributed by atoms with Crippen LogP contribution in [0.2, 0.25) is 10.0 Å². The van der Waals surface area contributed by atoms with Crippen molar-refractivity contribution >= 4 is 45.5 Å². The van der Waals surface area contributed by atoms with Gasteiger partial charge in [-0.1, -0.05) is 59.6 Å². The van der Waals surface area contributed by atoms with Crippen LogP contribution in [0.25, 0.3) is 33.3 Å². The van der Waals surface area contributed by atoms with Crippen LogP contribution in [0.5, 0.6) is 5.75 Å². The molecule has 0 spiro atoms. The highest BCUT2D eigenvalue weighted by Gasteiger charge is 2.22. The van der Waals surface area contributed by atoms with Crippen LogP contribution in [0, 0.1) is 10.1 Å². The van der Waals surface area contributed by atoms with Crippen LogP contribution in [-0.2, 0) is 0 Å². The first-order valence-electron chi connectivity index (χ1n) is 14.3. The highest BCUT2D eigenvalue weighted by molar-refractivity contribution is 6.43. The molecule has 1 aromatic heterocycles. The van der Waals surface area contributed by atoms with Crippen molar-refractivity contribution in [3.8, 4) is 28.1 Å². The van der Waals surface area contributed by atoms with Crippen LogP contribution in [0.3, 0.4) is 0 Å². The summed E-state index contributed by atoms with van der Waals surface area (Å²) >= 11 is 12.6. The summed E-state index contributed by atoms with van der Waals surface area (Å²) in [7, 11) is 0. The minimum atomic E-state index is -0.643. The second kappa shape index (κ2) is 13.2. The third-order valence-electron chi connectivity index (χ3n) is 7.79. The third kappa shape index (κ3) is 6.64. The summed E-state index contributed by atoms with van der Waals surface area (Å²) in [4.78, 5) is 20.3. The number of aliphatic hydroxyl groups excluding tert-OH is 1. The van der Waals surface area contributed by atoms with Gasteiger partial charge in [0.05, 0.1) is 31.9 Å². The summed E-state index contributed by atoms with van der Waals surface area (Å²) in [5, 5.41) is 24.0. The Morgan fingerprint density at radius 3 is 2.36 bits per heavy atom. The van der Waals surface area contributed by atoms with E-state index in [9.17, 15) is 15.2 Å². The molecule has 6 rings (SSSR count). The maximum absolute atomic E-state index is 11.4. The van der Waals surface area contributed by atoms with Crippen molar-refractivity contribution in [1.29, 1.82) is 0 Å². The molecule has 0 radical (unpaired) electrons. The van der Waals surface area contributed by atoms with Gasteiger partial charge in [0.25, 0.3) is 5.69 Å². The number of hydrogen-bond donors (Lipinski definition) is 1. The molecule has 0 amide bonds. The van der Waals surface area contributed by atoms with Crippen LogP contribution in [0.15, 0.2) is 97.1 Å². The molecule has 44 heavy (non-hydrogen) atoms. The Labute approximate surface area is 265 Å². The van der Waals surface area contributed by atoms with Gasteiger partial charge in [0.15, 0.2) is 0 Å². The van der Waals surface area contributed by atoms with Gasteiger partial charge in [0.1, 0.15) is 18.5 Å². The van der Waals surface area contributed by atoms with E-state index in [1.165, 1.54) is 6.07 Å². The zero-order valence-electron chi connectivity index (χ0n) is 23.8. The molecule has 1 atom stereocenters. The molecule has 10 heteroatoms. The number of nitro groups is 1. The molecule has 1 fully saturated rings. The number of nitro benzene ring substituents is 1. The number of hydrogen-bond acceptors (Lipinski definition) is 7. The minimum absolute atomic E-state index is 0.0256. The number of fused-ring (bicyclic) bond motifs is 1. The van der Waals surface area contributed by atoms with E-state index in [-0.39, 0.29) is 12.3 Å². The van der Waals surface area contributed by atoms with Crippen LogP contribution >= 0.6 is 23.2 Å². The van der Waals surface area contributed by atoms with Gasteiger partial charge in [-0.15, -0.1) is 0 Å². The number of pyridine rings is 1. The average Bonchev–Trinajstić information content (AvgIpc) is 3.05. The number of ether oxygens (including phenoxy) is 1. The smallest absolute Gasteiger partial charge is 0.270 e. The largest absolute Gasteiger partial charge is 0.491 e. The second-order valence-electron chi connectivity index (χ2n) is 10.7. The molecule has 8 nitrogen and oxygen atoms in total. The lowest BCUT2D eigenvalue weighted by molar-refractivity contribution is -0.384. The molecule has 1 aliphatic rings. The molecule has 2 heterocycles. The van der Waals surface area contributed by atoms with E-state index in [2.05, 4.69) is 9.80 Å². The van der Waals surface area contributed by atoms with Gasteiger partial charge in [-0.3, -0.25) is 15.0 Å². The molecule has 1 N–H and O–H groups in total. The fourth-order valence-electron chi connectivity index (χ4n) is 5.50. The number of non-ortho nitro benzene ring substituents is 1. The van der Waals surface area contributed by atoms with E-state index in [4.69, 9.17) is 32.9 Å². The van der Waals surface area contributed by atoms with Gasteiger partial charge in [0, 0.05) is 55.8 Å². The van der Waals surface area contributed by atoms with Crippen LogP contribution in [0.4, 0.5) is 11.4 Å². The van der Waals surface area contributed by atoms with Crippen LogP contribution in [0.1, 0.15) is 0 Å². The van der Waals surface area contributed by atoms with Gasteiger partial charge in [-0.05, 0) is 59.7 Å². The maximum atomic E-state index is 11.4. The van der Waals surface area contributed by atoms with Crippen molar-refractivity contribution in [2.75, 3.05) is 44.2 Å². The van der Waals surface area contributed by atoms with Gasteiger partial charge in [0.2, 0.25) is 0 Å². The van der Waals surface area contributed by atoms with E-state index >= 15 is 0 Å². The lowest BCUT2D eigenvalue weighted by Crippen LogP contribution is -2.49. The Kier molecular flexibility index (Phi) is 8.95. The summed E-state index contributed by atoms with van der Waals surface area (Å²) in [6, 6.07) is 29.7. The van der Waals surface area contributed by atoms with Crippen molar-refractivity contribution in [3.63, 3.8) is 0 Å². The van der Waals surface area contributed by atoms with E-state index in [1.807, 2.05) is 72.8 Å². The lowest BCUT2D eigenvalue weighted by atomic mass is 9.98. The number of aromatic nitrogens is 1. The Bertz CT molecular complexity index is 1780. The number of aliphatic hydroxyl groups is 1. The highest BCUT2D eigenvalue weighted by Crippen LogP contribution is 2.35. The molecule has 1 saturated heterocycles. The summed E-state index contributed by atoms with van der Waals surface area (Å²) < 4.78 is 5.91. The fourth-order valence-corrected chi connectivity index (χ4v) is 5.92. The normalized spacial score (nSPS) is 14.5. The fraction of sp³-hybridized carbons (Fsp3) is 0.206. The number of nitrogens with zero attached hydrogens (tertiary/aromatic N) is 4. The summed E-state index contributed by atoms with van der Waals surface area (Å²) in [5.74, 6) is 0.646. The number of piperazine rings is 1. The van der Waals surface area contributed by atoms with Crippen LogP contribution < -0.4 is 9.64 Å². The van der Waals surface area contributed by atoms with Crippen LogP contribution in [-0.4, -0.2) is 65.3 Å². The second-order valence-corrected chi connectivity index (χ2v) is 11.5. The van der Waals surface area contributed by atoms with Crippen molar-refractivity contribution in [2.45, 2.75) is 6.10 Å². The molecule has 224 valence electrons. The summed E-state index contributed by atoms with van der Waals surface area (Å²) in [6.07, 6.45) is -0.643. The van der Waals surface area contributed by atoms with E-state index in [1.54, 1.807) is 18.2 Å². The van der Waals surface area contributed by atoms with Gasteiger partial charge in [-0.2, -0.15) is 0 Å². The molecule has 4 aromatic carbocycles. The minimum Gasteiger partial charge on any atom is -0.491 e. The molecular formula is C34H30Cl2N4O4. The first-order chi connectivity index (χ1) is 21.4. The Hall–Kier alpha value is -4.21. The van der Waals surface area contributed by atoms with E-state index in [0.29, 0.717) is 27.9 Å². The molecule has 1 unspecified atom stereocenters. The molecule has 0 aliphatic carbocycles. The maximum Gasteiger partial charge on any atom is 0.270 e. The van der Waals surface area contributed by atoms with Crippen molar-refractivity contribution in [3.05, 3.63) is 117 Å². The topological polar surface area (TPSA) is 92.0 Å². The molecular weight excluding hydrogens is 599 g/mol. The third-order valence-corrected chi connectivity index (χ3v) is 8.60. The predicted molar refractivity (Wildman–Crippen MR) is 176 cm³/mol.